The summed E-state index contributed by atoms with van der Waals surface area (Å²) in [7, 11) is -0.747. The van der Waals surface area contributed by atoms with Crippen LogP contribution in [0.4, 0.5) is 14.5 Å². The molecule has 0 saturated heterocycles. The van der Waals surface area contributed by atoms with Crippen LogP contribution in [0.3, 0.4) is 0 Å². The van der Waals surface area contributed by atoms with Crippen LogP contribution in [0.25, 0.3) is 0 Å². The van der Waals surface area contributed by atoms with Crippen LogP contribution >= 0.6 is 0 Å². The van der Waals surface area contributed by atoms with Crippen LogP contribution in [-0.2, 0) is 10.0 Å². The third kappa shape index (κ3) is 4.12. The van der Waals surface area contributed by atoms with Crippen molar-refractivity contribution in [1.82, 2.24) is 9.62 Å². The van der Waals surface area contributed by atoms with E-state index in [9.17, 15) is 17.2 Å². The molecule has 1 unspecified atom stereocenters. The molecule has 108 valence electrons. The molecule has 1 aromatic carbocycles. The van der Waals surface area contributed by atoms with Gasteiger partial charge in [-0.25, -0.2) is 21.9 Å². The summed E-state index contributed by atoms with van der Waals surface area (Å²) >= 11 is 0. The minimum absolute atomic E-state index is 0.171. The van der Waals surface area contributed by atoms with Crippen LogP contribution in [0.1, 0.15) is 6.92 Å². The summed E-state index contributed by atoms with van der Waals surface area (Å²) in [5, 5.41) is 0. The zero-order chi connectivity index (χ0) is 14.8. The molecule has 0 saturated carbocycles. The lowest BCUT2D eigenvalue weighted by Gasteiger charge is -2.18. The number of rotatable bonds is 5. The van der Waals surface area contributed by atoms with E-state index in [2.05, 4.69) is 4.72 Å². The van der Waals surface area contributed by atoms with Crippen molar-refractivity contribution in [3.63, 3.8) is 0 Å². The quantitative estimate of drug-likeness (QED) is 0.787. The van der Waals surface area contributed by atoms with Gasteiger partial charge in [0.2, 0.25) is 10.0 Å². The SMILES string of the molecule is CC(CN(C)C)NS(=O)(=O)c1c(F)cc(N)cc1F. The van der Waals surface area contributed by atoms with Gasteiger partial charge in [0, 0.05) is 18.3 Å². The number of nitrogen functional groups attached to an aromatic ring is 1. The predicted molar refractivity (Wildman–Crippen MR) is 69.1 cm³/mol. The number of hydrogen-bond acceptors (Lipinski definition) is 4. The fraction of sp³-hybridized carbons (Fsp3) is 0.455. The van der Waals surface area contributed by atoms with Gasteiger partial charge in [0.25, 0.3) is 0 Å². The van der Waals surface area contributed by atoms with E-state index in [1.807, 2.05) is 0 Å². The number of nitrogens with two attached hydrogens (primary N) is 1. The van der Waals surface area contributed by atoms with Crippen LogP contribution in [0.2, 0.25) is 0 Å². The topological polar surface area (TPSA) is 75.4 Å². The van der Waals surface area contributed by atoms with Gasteiger partial charge in [-0.3, -0.25) is 0 Å². The van der Waals surface area contributed by atoms with Gasteiger partial charge < -0.3 is 10.6 Å². The second-order valence-electron chi connectivity index (χ2n) is 4.60. The summed E-state index contributed by atoms with van der Waals surface area (Å²) in [6.45, 7) is 2.00. The van der Waals surface area contributed by atoms with Crippen LogP contribution in [0.15, 0.2) is 17.0 Å². The molecule has 0 amide bonds. The molecule has 0 aliphatic rings. The fourth-order valence-corrected chi connectivity index (χ4v) is 3.10. The summed E-state index contributed by atoms with van der Waals surface area (Å²) in [4.78, 5) is 0.746. The van der Waals surface area contributed by atoms with E-state index in [4.69, 9.17) is 5.73 Å². The Balaban J connectivity index is 3.08. The highest BCUT2D eigenvalue weighted by Gasteiger charge is 2.26. The van der Waals surface area contributed by atoms with Crippen LogP contribution < -0.4 is 10.5 Å². The van der Waals surface area contributed by atoms with Crippen molar-refractivity contribution >= 4 is 15.7 Å². The Kier molecular flexibility index (Phi) is 4.83. The number of nitrogens with zero attached hydrogens (tertiary/aromatic N) is 1. The van der Waals surface area contributed by atoms with Crippen molar-refractivity contribution in [2.75, 3.05) is 26.4 Å². The highest BCUT2D eigenvalue weighted by atomic mass is 32.2. The lowest BCUT2D eigenvalue weighted by molar-refractivity contribution is 0.369. The number of likely N-dealkylation sites (N-methyl/N-ethyl adjacent to an activating group) is 1. The number of anilines is 1. The largest absolute Gasteiger partial charge is 0.399 e. The predicted octanol–water partition coefficient (Wildman–Crippen LogP) is 0.775. The smallest absolute Gasteiger partial charge is 0.246 e. The molecule has 0 heterocycles. The second kappa shape index (κ2) is 5.81. The molecule has 1 atom stereocenters. The second-order valence-corrected chi connectivity index (χ2v) is 6.25. The highest BCUT2D eigenvalue weighted by molar-refractivity contribution is 7.89. The first-order chi connectivity index (χ1) is 8.63. The van der Waals surface area contributed by atoms with Crippen LogP contribution in [0.5, 0.6) is 0 Å². The summed E-state index contributed by atoms with van der Waals surface area (Å²) in [5.74, 6) is -2.41. The van der Waals surface area contributed by atoms with Gasteiger partial charge in [-0.15, -0.1) is 0 Å². The van der Waals surface area contributed by atoms with Crippen molar-refractivity contribution in [1.29, 1.82) is 0 Å². The molecule has 0 radical (unpaired) electrons. The van der Waals surface area contributed by atoms with Crippen molar-refractivity contribution in [3.05, 3.63) is 23.8 Å². The first-order valence-corrected chi connectivity index (χ1v) is 7.03. The van der Waals surface area contributed by atoms with Crippen LogP contribution in [0, 0.1) is 11.6 Å². The monoisotopic (exact) mass is 293 g/mol. The van der Waals surface area contributed by atoms with Gasteiger partial charge in [-0.1, -0.05) is 0 Å². The Morgan fingerprint density at radius 3 is 2.21 bits per heavy atom. The normalized spacial score (nSPS) is 13.8. The van der Waals surface area contributed by atoms with Crippen LogP contribution in [-0.4, -0.2) is 40.0 Å². The number of sulfonamides is 1. The Morgan fingerprint density at radius 2 is 1.79 bits per heavy atom. The number of nitrogens with one attached hydrogen (secondary N) is 1. The summed E-state index contributed by atoms with van der Waals surface area (Å²) in [5.41, 5.74) is 5.07. The molecular formula is C11H17F2N3O2S. The molecule has 0 aliphatic heterocycles. The molecule has 0 spiro atoms. The van der Waals surface area contributed by atoms with Gasteiger partial charge in [-0.2, -0.15) is 0 Å². The van der Waals surface area contributed by atoms with E-state index in [0.29, 0.717) is 6.54 Å². The minimum atomic E-state index is -4.27. The van der Waals surface area contributed by atoms with Crippen molar-refractivity contribution < 1.29 is 17.2 Å². The maximum absolute atomic E-state index is 13.6. The molecular weight excluding hydrogens is 276 g/mol. The average molecular weight is 293 g/mol. The molecule has 8 heteroatoms. The first-order valence-electron chi connectivity index (χ1n) is 5.55. The maximum atomic E-state index is 13.6. The molecule has 0 aliphatic carbocycles. The molecule has 5 nitrogen and oxygen atoms in total. The lowest BCUT2D eigenvalue weighted by atomic mass is 10.3. The van der Waals surface area contributed by atoms with E-state index in [-0.39, 0.29) is 5.69 Å². The third-order valence-corrected chi connectivity index (χ3v) is 3.92. The summed E-state index contributed by atoms with van der Waals surface area (Å²) in [6.07, 6.45) is 0. The van der Waals surface area contributed by atoms with E-state index in [1.165, 1.54) is 0 Å². The van der Waals surface area contributed by atoms with Crippen molar-refractivity contribution in [2.24, 2.45) is 0 Å². The first kappa shape index (κ1) is 15.8. The van der Waals surface area contributed by atoms with Gasteiger partial charge in [0.15, 0.2) is 4.90 Å². The van der Waals surface area contributed by atoms with Gasteiger partial charge in [-0.05, 0) is 33.2 Å². The molecule has 3 N–H and O–H groups in total. The van der Waals surface area contributed by atoms with Gasteiger partial charge >= 0.3 is 0 Å². The Hall–Kier alpha value is -1.25. The number of hydrogen-bond donors (Lipinski definition) is 2. The third-order valence-electron chi connectivity index (χ3n) is 2.28. The van der Waals surface area contributed by atoms with E-state index < -0.39 is 32.6 Å². The fourth-order valence-electron chi connectivity index (χ4n) is 1.74. The van der Waals surface area contributed by atoms with E-state index in [0.717, 1.165) is 12.1 Å². The maximum Gasteiger partial charge on any atom is 0.246 e. The molecule has 0 aromatic heterocycles. The zero-order valence-corrected chi connectivity index (χ0v) is 11.8. The number of halogens is 2. The van der Waals surface area contributed by atoms with Crippen molar-refractivity contribution in [3.8, 4) is 0 Å². The van der Waals surface area contributed by atoms with Gasteiger partial charge in [0.1, 0.15) is 11.6 Å². The molecule has 0 fully saturated rings. The van der Waals surface area contributed by atoms with E-state index >= 15 is 0 Å². The molecule has 1 rings (SSSR count). The summed E-state index contributed by atoms with van der Waals surface area (Å²) in [6, 6.07) is 1.05. The van der Waals surface area contributed by atoms with E-state index in [1.54, 1.807) is 25.9 Å². The molecule has 0 bridgehead atoms. The minimum Gasteiger partial charge on any atom is -0.399 e. The molecule has 1 aromatic rings. The zero-order valence-electron chi connectivity index (χ0n) is 10.9. The van der Waals surface area contributed by atoms with Crippen molar-refractivity contribution in [2.45, 2.75) is 17.9 Å². The standard InChI is InChI=1S/C11H17F2N3O2S/c1-7(6-16(2)3)15-19(17,18)11-9(12)4-8(14)5-10(11)13/h4-5,7,15H,6,14H2,1-3H3. The summed E-state index contributed by atoms with van der Waals surface area (Å²) < 4.78 is 53.2. The average Bonchev–Trinajstić information content (AvgIpc) is 2.10. The Morgan fingerprint density at radius 1 is 1.32 bits per heavy atom. The Bertz CT molecular complexity index is 538. The number of benzene rings is 1. The van der Waals surface area contributed by atoms with Gasteiger partial charge in [0.05, 0.1) is 0 Å². The highest BCUT2D eigenvalue weighted by Crippen LogP contribution is 2.21. The lowest BCUT2D eigenvalue weighted by Crippen LogP contribution is -2.40. The molecule has 19 heavy (non-hydrogen) atoms. The Labute approximate surface area is 111 Å².